The molecule has 4 heterocycles. The molecule has 0 radical (unpaired) electrons. The first-order valence-corrected chi connectivity index (χ1v) is 24.5. The summed E-state index contributed by atoms with van der Waals surface area (Å²) in [5.74, 6) is 1.53. The first kappa shape index (κ1) is 37.6. The molecule has 0 aliphatic carbocycles. The molecule has 0 bridgehead atoms. The van der Waals surface area contributed by atoms with E-state index >= 15 is 0 Å². The zero-order chi connectivity index (χ0) is 52.1. The van der Waals surface area contributed by atoms with Gasteiger partial charge in [0.1, 0.15) is 0 Å². The second-order valence-electron chi connectivity index (χ2n) is 18.6. The Morgan fingerprint density at radius 2 is 1.23 bits per heavy atom. The summed E-state index contributed by atoms with van der Waals surface area (Å²) in [6.45, 7) is 6.48. The number of pyridine rings is 1. The molecule has 13 rings (SSSR count). The van der Waals surface area contributed by atoms with E-state index in [1.165, 1.54) is 0 Å². The topological polar surface area (TPSA) is 49.5 Å². The number of ether oxygens (including phenoxy) is 1. The smallest absolute Gasteiger partial charge is 0.0617 e. The van der Waals surface area contributed by atoms with Crippen LogP contribution in [0, 0.1) is 15.9 Å². The second kappa shape index (κ2) is 17.0. The molecule has 13 aromatic rings. The van der Waals surface area contributed by atoms with Gasteiger partial charge in [-0.3, -0.25) is 0 Å². The van der Waals surface area contributed by atoms with Crippen molar-refractivity contribution in [2.24, 2.45) is 0 Å². The summed E-state index contributed by atoms with van der Waals surface area (Å²) in [6.07, 6.45) is 1.81. The van der Waals surface area contributed by atoms with Gasteiger partial charge in [0.2, 0.25) is 0 Å². The predicted octanol–water partition coefficient (Wildman–Crippen LogP) is 16.6. The fraction of sp³-hybridized carbons (Fsp3) is 0.0625. The van der Waals surface area contributed by atoms with Crippen molar-refractivity contribution in [3.8, 4) is 56.4 Å². The molecule has 0 aliphatic rings. The Morgan fingerprint density at radius 1 is 0.549 bits per heavy atom. The number of imidazole rings is 1. The quantitative estimate of drug-likeness (QED) is 0.149. The third kappa shape index (κ3) is 7.29. The van der Waals surface area contributed by atoms with Crippen LogP contribution in [0.4, 0.5) is 0 Å². The van der Waals surface area contributed by atoms with Crippen molar-refractivity contribution < 1.29 is 35.4 Å². The second-order valence-corrected chi connectivity index (χ2v) is 19.6. The van der Waals surface area contributed by atoms with E-state index in [2.05, 4.69) is 158 Å². The fourth-order valence-corrected chi connectivity index (χ4v) is 10.9. The third-order valence-electron chi connectivity index (χ3n) is 13.2. The molecule has 0 amide bonds. The minimum absolute atomic E-state index is 0.132. The van der Waals surface area contributed by atoms with Crippen molar-refractivity contribution in [2.45, 2.75) is 26.2 Å². The van der Waals surface area contributed by atoms with Gasteiger partial charge >= 0.3 is 332 Å². The number of rotatable bonds is 7. The van der Waals surface area contributed by atoms with Crippen LogP contribution in [0.5, 0.6) is 11.5 Å². The van der Waals surface area contributed by atoms with Crippen LogP contribution in [0.1, 0.15) is 33.2 Å². The number of benzene rings is 9. The van der Waals surface area contributed by atoms with E-state index in [4.69, 9.17) is 21.0 Å². The van der Waals surface area contributed by atoms with E-state index < -0.39 is 6.04 Å². The average Bonchev–Trinajstić information content (AvgIpc) is 4.11. The first-order valence-electron chi connectivity index (χ1n) is 25.9. The van der Waals surface area contributed by atoms with E-state index in [9.17, 15) is 0 Å². The van der Waals surface area contributed by atoms with Crippen molar-refractivity contribution in [3.63, 3.8) is 0 Å². The van der Waals surface area contributed by atoms with Crippen LogP contribution < -0.4 is 4.74 Å². The molecule has 0 aliphatic heterocycles. The maximum absolute atomic E-state index is 8.79. The summed E-state index contributed by atoms with van der Waals surface area (Å²) >= 11 is 2.45. The van der Waals surface area contributed by atoms with Crippen LogP contribution in [0.25, 0.3) is 105 Å². The molecule has 344 valence electrons. The molecule has 0 unspecified atom stereocenters. The molecule has 0 atom stereocenters. The van der Waals surface area contributed by atoms with Gasteiger partial charge in [-0.05, 0) is 28.2 Å². The number of fused-ring (bicyclic) bond motifs is 7. The van der Waals surface area contributed by atoms with Crippen LogP contribution in [0.2, 0.25) is 0 Å². The van der Waals surface area contributed by atoms with Crippen LogP contribution in [-0.4, -0.2) is 18.5 Å². The fourth-order valence-electron chi connectivity index (χ4n) is 9.88. The molecule has 0 fully saturated rings. The van der Waals surface area contributed by atoms with Gasteiger partial charge in [0.15, 0.2) is 0 Å². The van der Waals surface area contributed by atoms with Gasteiger partial charge in [-0.25, -0.2) is 0 Å². The van der Waals surface area contributed by atoms with Crippen molar-refractivity contribution in [2.75, 3.05) is 0 Å². The molecule has 7 heteroatoms. The van der Waals surface area contributed by atoms with Gasteiger partial charge in [0.05, 0.1) is 6.85 Å². The summed E-state index contributed by atoms with van der Waals surface area (Å²) in [4.78, 5) is 4.89. The standard InChI is InChI=1S/C64H44N4O2.Pt/c1-64(2,3)46-35-36-65-61(38-46)68-55-33-29-45(42-17-7-4-8-18-42)37-54(55)51-32-30-47(39-57(51)68)69-48-31-34-60-58(40-48)67-41-66(56-27-16-26-53(63(56)67)52-23-13-14-28-59(52)70-60)62-49(43-19-9-5-10-20-43)24-15-25-50(62)44-21-11-6-12-22-44;/h4-38H,1-3H3;/q-2;/i4D,7D,8D,17D,18D;. The Hall–Kier alpha value is -8.31. The van der Waals surface area contributed by atoms with Crippen LogP contribution in [0.3, 0.4) is 0 Å². The minimum atomic E-state index is -0.435. The summed E-state index contributed by atoms with van der Waals surface area (Å²) in [5.41, 5.74) is 12.3. The summed E-state index contributed by atoms with van der Waals surface area (Å²) in [5, 5.41) is 3.56. The molecule has 0 saturated carbocycles. The average molecular weight is 1100 g/mol. The van der Waals surface area contributed by atoms with E-state index in [-0.39, 0.29) is 35.1 Å². The molecule has 71 heavy (non-hydrogen) atoms. The zero-order valence-electron chi connectivity index (χ0n) is 43.7. The van der Waals surface area contributed by atoms with Gasteiger partial charge in [-0.15, -0.1) is 0 Å². The first-order chi connectivity index (χ1) is 36.8. The van der Waals surface area contributed by atoms with Crippen molar-refractivity contribution >= 4 is 60.3 Å². The predicted molar refractivity (Wildman–Crippen MR) is 285 cm³/mol. The van der Waals surface area contributed by atoms with Gasteiger partial charge in [0.25, 0.3) is 0 Å². The normalized spacial score (nSPS) is 12.9. The Bertz CT molecular complexity index is 4540. The zero-order valence-corrected chi connectivity index (χ0v) is 41.0. The number of hydrogen-bond donors (Lipinski definition) is 0. The van der Waals surface area contributed by atoms with E-state index in [0.29, 0.717) is 45.1 Å². The summed E-state index contributed by atoms with van der Waals surface area (Å²) < 4.78 is 63.9. The molecule has 0 N–H and O–H groups in total. The van der Waals surface area contributed by atoms with Gasteiger partial charge in [0, 0.05) is 6.20 Å². The van der Waals surface area contributed by atoms with Gasteiger partial charge < -0.3 is 0 Å². The molecule has 6 nitrogen and oxygen atoms in total. The van der Waals surface area contributed by atoms with Crippen molar-refractivity contribution in [1.82, 2.24) is 18.5 Å². The van der Waals surface area contributed by atoms with E-state index in [1.807, 2.05) is 83.6 Å². The van der Waals surface area contributed by atoms with Crippen LogP contribution in [-0.2, 0) is 24.8 Å². The molecular weight excluding hydrogens is 1050 g/mol. The Balaban J connectivity index is 1.04. The Morgan fingerprint density at radius 3 is 1.97 bits per heavy atom. The molecule has 9 aromatic carbocycles. The molecule has 0 spiro atoms. The van der Waals surface area contributed by atoms with Crippen LogP contribution >= 0.6 is 0 Å². The summed E-state index contributed by atoms with van der Waals surface area (Å²) in [7, 11) is 0. The molecular formula is C64H44N4O2Pt-2. The Labute approximate surface area is 428 Å². The van der Waals surface area contributed by atoms with Crippen molar-refractivity contribution in [1.29, 1.82) is 0 Å². The third-order valence-corrected chi connectivity index (χ3v) is 14.2. The molecule has 0 saturated heterocycles. The van der Waals surface area contributed by atoms with Gasteiger partial charge in [-0.1, -0.05) is 57.0 Å². The van der Waals surface area contributed by atoms with Crippen LogP contribution in [0.15, 0.2) is 217 Å². The van der Waals surface area contributed by atoms with E-state index in [1.54, 1.807) is 6.07 Å². The van der Waals surface area contributed by atoms with Crippen molar-refractivity contribution in [3.05, 3.63) is 234 Å². The maximum atomic E-state index is 8.79. The number of nitrogens with zero attached hydrogens (tertiary/aromatic N) is 4. The Kier molecular flexibility index (Phi) is 8.98. The van der Waals surface area contributed by atoms with E-state index in [0.717, 1.165) is 75.4 Å². The molecule has 4 aromatic heterocycles. The number of para-hydroxylation sites is 3. The monoisotopic (exact) mass is 1100 g/mol. The summed E-state index contributed by atoms with van der Waals surface area (Å²) in [6, 6.07) is 65.0. The minimum Gasteiger partial charge on any atom is -0.0617 e. The number of hydrogen-bond acceptors (Lipinski definition) is 3. The van der Waals surface area contributed by atoms with Gasteiger partial charge in [-0.2, -0.15) is 0 Å². The number of aromatic nitrogens is 4. The SMILES string of the molecule is [2H]c1c([2H])c([2H])c(-c2ccc3c(c2)c2ccc(Oc4[c-]c5c(cc4)oc4ccccc4c4cccc6c4n5[c](=[Pt])n6-c4c(-c5ccccc5)cccc4-c4ccccc4)[c-]c2n3-c2cc(C(C)(C)C)ccn2)c([2H])c1[2H].